The predicted molar refractivity (Wildman–Crippen MR) is 115 cm³/mol. The van der Waals surface area contributed by atoms with Gasteiger partial charge in [-0.25, -0.2) is 4.39 Å². The Bertz CT molecular complexity index is 1140. The lowest BCUT2D eigenvalue weighted by Gasteiger charge is -2.17. The molecule has 0 saturated heterocycles. The van der Waals surface area contributed by atoms with Crippen LogP contribution in [0.15, 0.2) is 53.1 Å². The lowest BCUT2D eigenvalue weighted by atomic mass is 10.0. The summed E-state index contributed by atoms with van der Waals surface area (Å²) in [6, 6.07) is 11.7. The molecule has 32 heavy (non-hydrogen) atoms. The molecule has 1 aromatic heterocycles. The fourth-order valence-corrected chi connectivity index (χ4v) is 4.00. The first kappa shape index (κ1) is 20.5. The summed E-state index contributed by atoms with van der Waals surface area (Å²) in [7, 11) is 1.64. The van der Waals surface area contributed by atoms with Crippen molar-refractivity contribution in [2.75, 3.05) is 7.11 Å². The number of rotatable bonds is 6. The highest BCUT2D eigenvalue weighted by Gasteiger charge is 2.37. The topological polar surface area (TPSA) is 78.6 Å². The van der Waals surface area contributed by atoms with Crippen molar-refractivity contribution in [1.82, 2.24) is 15.6 Å². The van der Waals surface area contributed by atoms with E-state index >= 15 is 0 Å². The molecule has 1 aliphatic heterocycles. The van der Waals surface area contributed by atoms with Gasteiger partial charge in [0.1, 0.15) is 5.82 Å². The number of nitrogens with zero attached hydrogens (tertiary/aromatic N) is 2. The van der Waals surface area contributed by atoms with E-state index in [-0.39, 0.29) is 11.9 Å². The Hall–Kier alpha value is -3.39. The molecule has 2 aliphatic rings. The van der Waals surface area contributed by atoms with Gasteiger partial charge in [0.15, 0.2) is 17.1 Å². The van der Waals surface area contributed by atoms with Crippen LogP contribution in [0.2, 0.25) is 0 Å². The number of nitrogens with one attached hydrogen (secondary N) is 1. The van der Waals surface area contributed by atoms with Crippen LogP contribution >= 0.6 is 0 Å². The van der Waals surface area contributed by atoms with Crippen LogP contribution in [0, 0.1) is 5.82 Å². The minimum atomic E-state index is -0.941. The third-order valence-corrected chi connectivity index (χ3v) is 5.82. The number of benzene rings is 2. The van der Waals surface area contributed by atoms with Gasteiger partial charge in [0, 0.05) is 11.1 Å². The van der Waals surface area contributed by atoms with Crippen LogP contribution in [0.3, 0.4) is 0 Å². The number of methoxy groups -OCH3 is 1. The summed E-state index contributed by atoms with van der Waals surface area (Å²) in [4.78, 5) is 10.3. The van der Waals surface area contributed by atoms with Crippen LogP contribution < -0.4 is 15.0 Å². The van der Waals surface area contributed by atoms with Gasteiger partial charge >= 0.3 is 0 Å². The lowest BCUT2D eigenvalue weighted by molar-refractivity contribution is -0.0319. The maximum Gasteiger partial charge on any atom is 0.258 e. The highest BCUT2D eigenvalue weighted by atomic mass is 19.1. The summed E-state index contributed by atoms with van der Waals surface area (Å²) in [5, 5.41) is 4.08. The largest absolute Gasteiger partial charge is 0.493 e. The van der Waals surface area contributed by atoms with Gasteiger partial charge < -0.3 is 14.0 Å². The zero-order chi connectivity index (χ0) is 22.1. The molecular weight excluding hydrogens is 413 g/mol. The quantitative estimate of drug-likeness (QED) is 0.582. The maximum atomic E-state index is 13.2. The van der Waals surface area contributed by atoms with Gasteiger partial charge in [0.2, 0.25) is 5.82 Å². The highest BCUT2D eigenvalue weighted by Crippen LogP contribution is 2.38. The molecule has 166 valence electrons. The minimum Gasteiger partial charge on any atom is -0.493 e. The van der Waals surface area contributed by atoms with Gasteiger partial charge in [0.05, 0.1) is 18.9 Å². The summed E-state index contributed by atoms with van der Waals surface area (Å²) in [6.45, 7) is 1.84. The van der Waals surface area contributed by atoms with E-state index in [4.69, 9.17) is 18.8 Å². The molecule has 1 fully saturated rings. The van der Waals surface area contributed by atoms with E-state index in [0.717, 1.165) is 24.1 Å². The summed E-state index contributed by atoms with van der Waals surface area (Å²) in [5.74, 6) is 1.74. The molecule has 2 heterocycles. The van der Waals surface area contributed by atoms with Crippen LogP contribution in [0.1, 0.15) is 44.0 Å². The minimum absolute atomic E-state index is 0.218. The van der Waals surface area contributed by atoms with Crippen LogP contribution in [0.4, 0.5) is 4.39 Å². The normalized spacial score (nSPS) is 20.8. The highest BCUT2D eigenvalue weighted by molar-refractivity contribution is 5.68. The summed E-state index contributed by atoms with van der Waals surface area (Å²) in [6.07, 6.45) is 6.61. The molecule has 1 atom stereocenters. The van der Waals surface area contributed by atoms with Crippen molar-refractivity contribution in [2.45, 2.75) is 44.3 Å². The van der Waals surface area contributed by atoms with E-state index in [1.165, 1.54) is 25.0 Å². The molecule has 2 aromatic carbocycles. The second-order valence-electron chi connectivity index (χ2n) is 8.19. The van der Waals surface area contributed by atoms with Crippen molar-refractivity contribution in [3.8, 4) is 23.0 Å². The molecule has 1 unspecified atom stereocenters. The average molecular weight is 437 g/mol. The molecule has 1 aliphatic carbocycles. The first-order chi connectivity index (χ1) is 15.5. The third-order valence-electron chi connectivity index (χ3n) is 5.82. The van der Waals surface area contributed by atoms with E-state index in [2.05, 4.69) is 15.6 Å². The van der Waals surface area contributed by atoms with Gasteiger partial charge in [-0.3, -0.25) is 10.3 Å². The van der Waals surface area contributed by atoms with Crippen LogP contribution in [0.25, 0.3) is 17.2 Å². The van der Waals surface area contributed by atoms with Crippen LogP contribution in [-0.4, -0.2) is 23.4 Å². The van der Waals surface area contributed by atoms with E-state index in [0.29, 0.717) is 28.8 Å². The Labute approximate surface area is 185 Å². The molecule has 1 saturated carbocycles. The van der Waals surface area contributed by atoms with Gasteiger partial charge in [-0.15, -0.1) is 0 Å². The molecule has 0 spiro atoms. The van der Waals surface area contributed by atoms with Gasteiger partial charge in [-0.1, -0.05) is 5.16 Å². The first-order valence-electron chi connectivity index (χ1n) is 10.7. The Morgan fingerprint density at radius 3 is 2.56 bits per heavy atom. The molecule has 7 nitrogen and oxygen atoms in total. The van der Waals surface area contributed by atoms with Crippen LogP contribution in [0.5, 0.6) is 11.5 Å². The smallest absolute Gasteiger partial charge is 0.258 e. The summed E-state index contributed by atoms with van der Waals surface area (Å²) < 4.78 is 30.3. The number of aromatic nitrogens is 2. The zero-order valence-electron chi connectivity index (χ0n) is 17.9. The van der Waals surface area contributed by atoms with Crippen molar-refractivity contribution in [3.05, 3.63) is 65.7 Å². The summed E-state index contributed by atoms with van der Waals surface area (Å²) >= 11 is 0. The number of ether oxygens (including phenoxy) is 2. The number of halogens is 1. The standard InChI is InChI=1S/C24H24FN3O4/c1-24(23-26-22(31-28-23)15-7-10-17(25)11-8-15)14-19(27-32-24)16-9-12-20(29-2)21(13-16)30-18-5-3-4-6-18/h7-14,18,27H,3-6H2,1-2H3. The van der Waals surface area contributed by atoms with Gasteiger partial charge in [0.25, 0.3) is 5.89 Å². The van der Waals surface area contributed by atoms with Crippen LogP contribution in [-0.2, 0) is 10.4 Å². The average Bonchev–Trinajstić information content (AvgIpc) is 3.56. The number of hydrogen-bond acceptors (Lipinski definition) is 7. The molecule has 5 rings (SSSR count). The fourth-order valence-electron chi connectivity index (χ4n) is 4.00. The van der Waals surface area contributed by atoms with Crippen molar-refractivity contribution >= 4 is 5.70 Å². The summed E-state index contributed by atoms with van der Waals surface area (Å²) in [5.41, 5.74) is 4.32. The van der Waals surface area contributed by atoms with E-state index < -0.39 is 5.60 Å². The first-order valence-corrected chi connectivity index (χ1v) is 10.7. The second kappa shape index (κ2) is 8.27. The van der Waals surface area contributed by atoms with E-state index in [1.807, 2.05) is 31.2 Å². The Morgan fingerprint density at radius 1 is 1.06 bits per heavy atom. The SMILES string of the molecule is COc1ccc(C2=CC(C)(c3noc(-c4ccc(F)cc4)n3)ON2)cc1OC1CCCC1. The number of hydroxylamine groups is 1. The monoisotopic (exact) mass is 437 g/mol. The molecule has 0 bridgehead atoms. The molecule has 0 amide bonds. The van der Waals surface area contributed by atoms with Crippen molar-refractivity contribution in [1.29, 1.82) is 0 Å². The molecular formula is C24H24FN3O4. The Balaban J connectivity index is 1.40. The molecule has 1 N–H and O–H groups in total. The Kier molecular flexibility index (Phi) is 5.30. The van der Waals surface area contributed by atoms with Crippen molar-refractivity contribution < 1.29 is 23.2 Å². The lowest BCUT2D eigenvalue weighted by Crippen LogP contribution is -2.24. The molecule has 3 aromatic rings. The fraction of sp³-hybridized carbons (Fsp3) is 0.333. The molecule has 8 heteroatoms. The van der Waals surface area contributed by atoms with E-state index in [1.54, 1.807) is 19.2 Å². The molecule has 0 radical (unpaired) electrons. The maximum absolute atomic E-state index is 13.2. The number of hydrogen-bond donors (Lipinski definition) is 1. The van der Waals surface area contributed by atoms with Gasteiger partial charge in [-0.2, -0.15) is 4.98 Å². The predicted octanol–water partition coefficient (Wildman–Crippen LogP) is 5.00. The van der Waals surface area contributed by atoms with E-state index in [9.17, 15) is 4.39 Å². The van der Waals surface area contributed by atoms with Crippen molar-refractivity contribution in [2.24, 2.45) is 0 Å². The zero-order valence-corrected chi connectivity index (χ0v) is 17.9. The Morgan fingerprint density at radius 2 is 1.81 bits per heavy atom. The van der Waals surface area contributed by atoms with Gasteiger partial charge in [-0.05, 0) is 81.1 Å². The van der Waals surface area contributed by atoms with Crippen molar-refractivity contribution in [3.63, 3.8) is 0 Å². The third kappa shape index (κ3) is 3.93. The second-order valence-corrected chi connectivity index (χ2v) is 8.19.